The molecule has 1 aromatic heterocycles. The highest BCUT2D eigenvalue weighted by Crippen LogP contribution is 2.21. The average molecular weight is 278 g/mol. The molecule has 1 atom stereocenters. The maximum absolute atomic E-state index is 14.0. The van der Waals surface area contributed by atoms with Crippen molar-refractivity contribution >= 4 is 10.9 Å². The van der Waals surface area contributed by atoms with E-state index in [1.807, 2.05) is 0 Å². The predicted octanol–water partition coefficient (Wildman–Crippen LogP) is 3.19. The second kappa shape index (κ2) is 6.03. The molecule has 0 radical (unpaired) electrons. The van der Waals surface area contributed by atoms with Gasteiger partial charge in [0, 0.05) is 12.1 Å². The Kier molecular flexibility index (Phi) is 4.37. The van der Waals surface area contributed by atoms with E-state index in [4.69, 9.17) is 4.74 Å². The summed E-state index contributed by atoms with van der Waals surface area (Å²) < 4.78 is 19.6. The summed E-state index contributed by atoms with van der Waals surface area (Å²) in [5.74, 6) is 0.677. The molecule has 1 N–H and O–H groups in total. The number of hydrogen-bond acceptors (Lipinski definition) is 3. The van der Waals surface area contributed by atoms with Gasteiger partial charge >= 0.3 is 0 Å². The van der Waals surface area contributed by atoms with E-state index >= 15 is 0 Å². The molecule has 0 saturated carbocycles. The van der Waals surface area contributed by atoms with Gasteiger partial charge in [-0.15, -0.1) is 0 Å². The lowest BCUT2D eigenvalue weighted by Gasteiger charge is -2.12. The van der Waals surface area contributed by atoms with Gasteiger partial charge in [-0.3, -0.25) is 4.79 Å². The Hall–Kier alpha value is -1.91. The van der Waals surface area contributed by atoms with Crippen molar-refractivity contribution in [3.63, 3.8) is 0 Å². The molecule has 108 valence electrons. The van der Waals surface area contributed by atoms with E-state index in [9.17, 15) is 9.18 Å². The Bertz CT molecular complexity index is 667. The molecule has 2 rings (SSSR count). The Morgan fingerprint density at radius 3 is 2.90 bits per heavy atom. The summed E-state index contributed by atoms with van der Waals surface area (Å²) >= 11 is 0. The van der Waals surface area contributed by atoms with E-state index in [-0.39, 0.29) is 5.39 Å². The molecule has 1 aromatic carbocycles. The van der Waals surface area contributed by atoms with Crippen LogP contribution in [0, 0.1) is 18.7 Å². The fourth-order valence-corrected chi connectivity index (χ4v) is 2.21. The maximum atomic E-state index is 14.0. The number of aromatic nitrogens is 2. The quantitative estimate of drug-likeness (QED) is 0.913. The van der Waals surface area contributed by atoms with Crippen molar-refractivity contribution in [3.8, 4) is 5.75 Å². The largest absolute Gasteiger partial charge is 0.493 e. The van der Waals surface area contributed by atoms with Crippen LogP contribution in [0.2, 0.25) is 0 Å². The molecule has 2 aromatic rings. The van der Waals surface area contributed by atoms with Gasteiger partial charge in [-0.1, -0.05) is 20.3 Å². The third-order valence-electron chi connectivity index (χ3n) is 3.17. The molecule has 0 aliphatic heterocycles. The number of rotatable bonds is 5. The smallest absolute Gasteiger partial charge is 0.261 e. The number of nitrogens with zero attached hydrogens (tertiary/aromatic N) is 1. The topological polar surface area (TPSA) is 55.0 Å². The zero-order chi connectivity index (χ0) is 14.7. The number of benzene rings is 1. The number of aryl methyl sites for hydroxylation is 1. The first-order chi connectivity index (χ1) is 9.51. The third-order valence-corrected chi connectivity index (χ3v) is 3.17. The molecule has 0 aliphatic rings. The Balaban J connectivity index is 2.30. The first kappa shape index (κ1) is 14.5. The molecule has 0 saturated heterocycles. The molecule has 5 heteroatoms. The summed E-state index contributed by atoms with van der Waals surface area (Å²) in [4.78, 5) is 18.3. The SMILES string of the molecule is CCCC(C)COc1cc(F)c2c(=O)[nH]c(C)nc2c1. The molecule has 4 nitrogen and oxygen atoms in total. The van der Waals surface area contributed by atoms with Crippen LogP contribution in [-0.2, 0) is 0 Å². The first-order valence-electron chi connectivity index (χ1n) is 6.84. The van der Waals surface area contributed by atoms with E-state index < -0.39 is 11.4 Å². The minimum absolute atomic E-state index is 0.0236. The Morgan fingerprint density at radius 1 is 1.45 bits per heavy atom. The van der Waals surface area contributed by atoms with Crippen molar-refractivity contribution in [1.29, 1.82) is 0 Å². The highest BCUT2D eigenvalue weighted by molar-refractivity contribution is 5.79. The zero-order valence-corrected chi connectivity index (χ0v) is 12.0. The third kappa shape index (κ3) is 3.15. The second-order valence-corrected chi connectivity index (χ2v) is 5.16. The molecular weight excluding hydrogens is 259 g/mol. The average Bonchev–Trinajstić information content (AvgIpc) is 2.35. The van der Waals surface area contributed by atoms with Gasteiger partial charge in [-0.2, -0.15) is 0 Å². The summed E-state index contributed by atoms with van der Waals surface area (Å²) in [6.45, 7) is 6.40. The van der Waals surface area contributed by atoms with Gasteiger partial charge in [0.2, 0.25) is 0 Å². The van der Waals surface area contributed by atoms with Crippen molar-refractivity contribution in [2.24, 2.45) is 5.92 Å². The molecular formula is C15H19FN2O2. The van der Waals surface area contributed by atoms with Gasteiger partial charge in [-0.05, 0) is 19.3 Å². The van der Waals surface area contributed by atoms with Crippen LogP contribution in [0.25, 0.3) is 10.9 Å². The predicted molar refractivity (Wildman–Crippen MR) is 76.6 cm³/mol. The normalized spacial score (nSPS) is 12.6. The summed E-state index contributed by atoms with van der Waals surface area (Å²) in [6.07, 6.45) is 2.15. The number of ether oxygens (including phenoxy) is 1. The molecule has 0 aliphatic carbocycles. The van der Waals surface area contributed by atoms with Gasteiger partial charge in [0.1, 0.15) is 22.8 Å². The molecule has 0 amide bonds. The van der Waals surface area contributed by atoms with Crippen molar-refractivity contribution in [2.45, 2.75) is 33.6 Å². The number of fused-ring (bicyclic) bond motifs is 1. The fourth-order valence-electron chi connectivity index (χ4n) is 2.21. The molecule has 0 bridgehead atoms. The van der Waals surface area contributed by atoms with Gasteiger partial charge < -0.3 is 9.72 Å². The van der Waals surface area contributed by atoms with Gasteiger partial charge in [0.05, 0.1) is 12.1 Å². The summed E-state index contributed by atoms with van der Waals surface area (Å²) in [5, 5.41) is -0.0236. The van der Waals surface area contributed by atoms with Crippen LogP contribution in [0.3, 0.4) is 0 Å². The van der Waals surface area contributed by atoms with Crippen LogP contribution in [0.15, 0.2) is 16.9 Å². The Labute approximate surface area is 117 Å². The number of nitrogens with one attached hydrogen (secondary N) is 1. The minimum Gasteiger partial charge on any atom is -0.493 e. The number of hydrogen-bond donors (Lipinski definition) is 1. The first-order valence-corrected chi connectivity index (χ1v) is 6.84. The lowest BCUT2D eigenvalue weighted by atomic mass is 10.1. The van der Waals surface area contributed by atoms with E-state index in [1.54, 1.807) is 13.0 Å². The monoisotopic (exact) mass is 278 g/mol. The van der Waals surface area contributed by atoms with Crippen molar-refractivity contribution < 1.29 is 9.13 Å². The van der Waals surface area contributed by atoms with E-state index in [2.05, 4.69) is 23.8 Å². The van der Waals surface area contributed by atoms with Crippen LogP contribution >= 0.6 is 0 Å². The standard InChI is InChI=1S/C15H19FN2O2/c1-4-5-9(2)8-20-11-6-12(16)14-13(7-11)17-10(3)18-15(14)19/h6-7,9H,4-5,8H2,1-3H3,(H,17,18,19). The van der Waals surface area contributed by atoms with E-state index in [0.29, 0.717) is 29.6 Å². The van der Waals surface area contributed by atoms with Crippen molar-refractivity contribution in [1.82, 2.24) is 9.97 Å². The lowest BCUT2D eigenvalue weighted by molar-refractivity contribution is 0.251. The number of aromatic amines is 1. The number of H-pyrrole nitrogens is 1. The van der Waals surface area contributed by atoms with Gasteiger partial charge in [-0.25, -0.2) is 9.37 Å². The number of halogens is 1. The maximum Gasteiger partial charge on any atom is 0.261 e. The lowest BCUT2D eigenvalue weighted by Crippen LogP contribution is -2.12. The van der Waals surface area contributed by atoms with E-state index in [0.717, 1.165) is 12.8 Å². The molecule has 1 heterocycles. The van der Waals surface area contributed by atoms with Crippen LogP contribution < -0.4 is 10.3 Å². The van der Waals surface area contributed by atoms with Crippen LogP contribution in [0.5, 0.6) is 5.75 Å². The van der Waals surface area contributed by atoms with Crippen LogP contribution in [0.1, 0.15) is 32.5 Å². The van der Waals surface area contributed by atoms with E-state index in [1.165, 1.54) is 6.07 Å². The molecule has 0 fully saturated rings. The zero-order valence-electron chi connectivity index (χ0n) is 12.0. The Morgan fingerprint density at radius 2 is 2.20 bits per heavy atom. The molecule has 20 heavy (non-hydrogen) atoms. The highest BCUT2D eigenvalue weighted by atomic mass is 19.1. The molecule has 1 unspecified atom stereocenters. The fraction of sp³-hybridized carbons (Fsp3) is 0.467. The summed E-state index contributed by atoms with van der Waals surface area (Å²) in [6, 6.07) is 2.85. The summed E-state index contributed by atoms with van der Waals surface area (Å²) in [5.41, 5.74) is -0.139. The van der Waals surface area contributed by atoms with Crippen LogP contribution in [-0.4, -0.2) is 16.6 Å². The van der Waals surface area contributed by atoms with Crippen molar-refractivity contribution in [2.75, 3.05) is 6.61 Å². The molecule has 0 spiro atoms. The second-order valence-electron chi connectivity index (χ2n) is 5.16. The van der Waals surface area contributed by atoms with Crippen molar-refractivity contribution in [3.05, 3.63) is 34.1 Å². The van der Waals surface area contributed by atoms with Crippen LogP contribution in [0.4, 0.5) is 4.39 Å². The van der Waals surface area contributed by atoms with Gasteiger partial charge in [0.15, 0.2) is 0 Å². The van der Waals surface area contributed by atoms with Gasteiger partial charge in [0.25, 0.3) is 5.56 Å². The highest BCUT2D eigenvalue weighted by Gasteiger charge is 2.11. The minimum atomic E-state index is -0.602. The summed E-state index contributed by atoms with van der Waals surface area (Å²) in [7, 11) is 0.